The minimum atomic E-state index is -3.69. The van der Waals surface area contributed by atoms with Gasteiger partial charge in [0.2, 0.25) is 5.91 Å². The zero-order chi connectivity index (χ0) is 20.9. The first-order valence-corrected chi connectivity index (χ1v) is 11.5. The third-order valence-electron chi connectivity index (χ3n) is 5.45. The highest BCUT2D eigenvalue weighted by atomic mass is 32.2. The summed E-state index contributed by atoms with van der Waals surface area (Å²) in [5.74, 6) is 0.666. The van der Waals surface area contributed by atoms with Crippen molar-refractivity contribution >= 4 is 27.3 Å². The first-order valence-electron chi connectivity index (χ1n) is 10.0. The van der Waals surface area contributed by atoms with Crippen molar-refractivity contribution in [2.75, 3.05) is 23.2 Å². The van der Waals surface area contributed by atoms with Gasteiger partial charge in [0, 0.05) is 18.8 Å². The van der Waals surface area contributed by atoms with Gasteiger partial charge in [-0.25, -0.2) is 8.42 Å². The molecule has 0 bridgehead atoms. The van der Waals surface area contributed by atoms with Crippen LogP contribution < -0.4 is 14.9 Å². The Kier molecular flexibility index (Phi) is 6.79. The Morgan fingerprint density at radius 2 is 1.72 bits per heavy atom. The SMILES string of the molecule is CC1CCC(NC(=O)CNc2cccc(S(=O)(=O)N(C)c3ccccc3)c2)CC1. The average Bonchev–Trinajstić information content (AvgIpc) is 2.74. The van der Waals surface area contributed by atoms with Gasteiger partial charge in [-0.2, -0.15) is 0 Å². The number of hydrogen-bond acceptors (Lipinski definition) is 4. The predicted octanol–water partition coefficient (Wildman–Crippen LogP) is 3.62. The number of nitrogens with one attached hydrogen (secondary N) is 2. The molecular formula is C22H29N3O3S. The van der Waals surface area contributed by atoms with E-state index in [2.05, 4.69) is 17.6 Å². The smallest absolute Gasteiger partial charge is 0.264 e. The van der Waals surface area contributed by atoms with Crippen molar-refractivity contribution in [3.05, 3.63) is 54.6 Å². The Balaban J connectivity index is 1.61. The molecule has 3 rings (SSSR count). The van der Waals surface area contributed by atoms with Crippen molar-refractivity contribution in [1.29, 1.82) is 0 Å². The lowest BCUT2D eigenvalue weighted by atomic mass is 9.87. The van der Waals surface area contributed by atoms with Gasteiger partial charge in [-0.15, -0.1) is 0 Å². The number of nitrogens with zero attached hydrogens (tertiary/aromatic N) is 1. The molecule has 2 N–H and O–H groups in total. The largest absolute Gasteiger partial charge is 0.376 e. The molecule has 7 heteroatoms. The summed E-state index contributed by atoms with van der Waals surface area (Å²) in [5.41, 5.74) is 1.19. The van der Waals surface area contributed by atoms with Gasteiger partial charge in [0.25, 0.3) is 10.0 Å². The lowest BCUT2D eigenvalue weighted by molar-refractivity contribution is -0.120. The van der Waals surface area contributed by atoms with E-state index in [1.165, 1.54) is 11.4 Å². The molecule has 0 aromatic heterocycles. The fourth-order valence-electron chi connectivity index (χ4n) is 3.57. The summed E-state index contributed by atoms with van der Waals surface area (Å²) in [7, 11) is -2.16. The lowest BCUT2D eigenvalue weighted by Crippen LogP contribution is -2.40. The molecule has 29 heavy (non-hydrogen) atoms. The number of rotatable bonds is 7. The first kappa shape index (κ1) is 21.2. The molecule has 0 atom stereocenters. The normalized spacial score (nSPS) is 19.4. The summed E-state index contributed by atoms with van der Waals surface area (Å²) in [6.45, 7) is 2.36. The maximum absolute atomic E-state index is 12.9. The third kappa shape index (κ3) is 5.50. The number of hydrogen-bond donors (Lipinski definition) is 2. The summed E-state index contributed by atoms with van der Waals surface area (Å²) in [6, 6.07) is 15.7. The molecule has 0 unspecified atom stereocenters. The van der Waals surface area contributed by atoms with Gasteiger partial charge in [0.1, 0.15) is 0 Å². The molecule has 1 amide bonds. The van der Waals surface area contributed by atoms with Crippen molar-refractivity contribution in [3.63, 3.8) is 0 Å². The van der Waals surface area contributed by atoms with Crippen molar-refractivity contribution in [1.82, 2.24) is 5.32 Å². The second-order valence-electron chi connectivity index (χ2n) is 7.71. The highest BCUT2D eigenvalue weighted by molar-refractivity contribution is 7.92. The summed E-state index contributed by atoms with van der Waals surface area (Å²) in [6.07, 6.45) is 4.33. The number of para-hydroxylation sites is 1. The fraction of sp³-hybridized carbons (Fsp3) is 0.409. The molecule has 0 radical (unpaired) electrons. The van der Waals surface area contributed by atoms with Crippen LogP contribution in [-0.4, -0.2) is 34.0 Å². The Morgan fingerprint density at radius 3 is 2.41 bits per heavy atom. The first-order chi connectivity index (χ1) is 13.9. The minimum absolute atomic E-state index is 0.0702. The number of benzene rings is 2. The summed E-state index contributed by atoms with van der Waals surface area (Å²) >= 11 is 0. The van der Waals surface area contributed by atoms with Crippen LogP contribution in [0.2, 0.25) is 0 Å². The van der Waals surface area contributed by atoms with Crippen LogP contribution in [0.25, 0.3) is 0 Å². The topological polar surface area (TPSA) is 78.5 Å². The molecule has 1 fully saturated rings. The molecule has 0 spiro atoms. The second-order valence-corrected chi connectivity index (χ2v) is 9.68. The molecule has 0 aliphatic heterocycles. The zero-order valence-electron chi connectivity index (χ0n) is 17.0. The van der Waals surface area contributed by atoms with Gasteiger partial charge in [0.15, 0.2) is 0 Å². The molecule has 1 saturated carbocycles. The molecule has 156 valence electrons. The van der Waals surface area contributed by atoms with Crippen molar-refractivity contribution in [2.24, 2.45) is 5.92 Å². The van der Waals surface area contributed by atoms with Gasteiger partial charge in [0.05, 0.1) is 17.1 Å². The standard InChI is InChI=1S/C22H29N3O3S/c1-17-11-13-18(14-12-17)24-22(26)16-23-19-7-6-10-21(15-19)29(27,28)25(2)20-8-4-3-5-9-20/h3-10,15,17-18,23H,11-14,16H2,1-2H3,(H,24,26). The van der Waals surface area contributed by atoms with E-state index in [4.69, 9.17) is 0 Å². The van der Waals surface area contributed by atoms with Gasteiger partial charge < -0.3 is 10.6 Å². The van der Waals surface area contributed by atoms with Gasteiger partial charge in [-0.3, -0.25) is 9.10 Å². The zero-order valence-corrected chi connectivity index (χ0v) is 17.8. The van der Waals surface area contributed by atoms with E-state index in [1.54, 1.807) is 48.5 Å². The molecule has 0 saturated heterocycles. The van der Waals surface area contributed by atoms with Crippen LogP contribution in [0.15, 0.2) is 59.5 Å². The van der Waals surface area contributed by atoms with Gasteiger partial charge >= 0.3 is 0 Å². The number of carbonyl (C=O) groups excluding carboxylic acids is 1. The Bertz CT molecular complexity index is 923. The van der Waals surface area contributed by atoms with Gasteiger partial charge in [-0.1, -0.05) is 31.2 Å². The van der Waals surface area contributed by atoms with E-state index >= 15 is 0 Å². The quantitative estimate of drug-likeness (QED) is 0.724. The molecule has 2 aromatic carbocycles. The van der Waals surface area contributed by atoms with E-state index in [1.807, 2.05) is 6.07 Å². The average molecular weight is 416 g/mol. The predicted molar refractivity (Wildman–Crippen MR) is 117 cm³/mol. The summed E-state index contributed by atoms with van der Waals surface area (Å²) < 4.78 is 27.1. The van der Waals surface area contributed by atoms with E-state index in [0.717, 1.165) is 31.6 Å². The van der Waals surface area contributed by atoms with Crippen LogP contribution >= 0.6 is 0 Å². The highest BCUT2D eigenvalue weighted by Crippen LogP contribution is 2.24. The number of anilines is 2. The Morgan fingerprint density at radius 1 is 1.03 bits per heavy atom. The molecule has 1 aliphatic carbocycles. The maximum Gasteiger partial charge on any atom is 0.264 e. The summed E-state index contributed by atoms with van der Waals surface area (Å²) in [4.78, 5) is 12.4. The molecule has 1 aliphatic rings. The van der Waals surface area contributed by atoms with Crippen LogP contribution in [0.1, 0.15) is 32.6 Å². The second kappa shape index (κ2) is 9.31. The van der Waals surface area contributed by atoms with Crippen molar-refractivity contribution in [2.45, 2.75) is 43.5 Å². The third-order valence-corrected chi connectivity index (χ3v) is 7.23. The number of amides is 1. The van der Waals surface area contributed by atoms with E-state index in [9.17, 15) is 13.2 Å². The van der Waals surface area contributed by atoms with E-state index < -0.39 is 10.0 Å². The van der Waals surface area contributed by atoms with Gasteiger partial charge in [-0.05, 0) is 61.9 Å². The number of carbonyl (C=O) groups is 1. The Labute approximate surface area is 173 Å². The fourth-order valence-corrected chi connectivity index (χ4v) is 4.81. The monoisotopic (exact) mass is 415 g/mol. The van der Waals surface area contributed by atoms with Crippen LogP contribution in [-0.2, 0) is 14.8 Å². The Hall–Kier alpha value is -2.54. The minimum Gasteiger partial charge on any atom is -0.376 e. The lowest BCUT2D eigenvalue weighted by Gasteiger charge is -2.27. The number of sulfonamides is 1. The molecule has 2 aromatic rings. The maximum atomic E-state index is 12.9. The van der Waals surface area contributed by atoms with Crippen molar-refractivity contribution < 1.29 is 13.2 Å². The summed E-state index contributed by atoms with van der Waals surface area (Å²) in [5, 5.41) is 6.11. The highest BCUT2D eigenvalue weighted by Gasteiger charge is 2.22. The van der Waals surface area contributed by atoms with Crippen LogP contribution in [0.5, 0.6) is 0 Å². The van der Waals surface area contributed by atoms with E-state index in [0.29, 0.717) is 11.4 Å². The van der Waals surface area contributed by atoms with Crippen molar-refractivity contribution in [3.8, 4) is 0 Å². The van der Waals surface area contributed by atoms with Crippen LogP contribution in [0.3, 0.4) is 0 Å². The van der Waals surface area contributed by atoms with Crippen LogP contribution in [0.4, 0.5) is 11.4 Å². The van der Waals surface area contributed by atoms with E-state index in [-0.39, 0.29) is 23.4 Å². The van der Waals surface area contributed by atoms with Crippen LogP contribution in [0, 0.1) is 5.92 Å². The molecular weight excluding hydrogens is 386 g/mol. The molecule has 6 nitrogen and oxygen atoms in total. The molecule has 0 heterocycles.